The van der Waals surface area contributed by atoms with Crippen molar-refractivity contribution in [2.24, 2.45) is 5.92 Å². The minimum Gasteiger partial charge on any atom is -0.366 e. The summed E-state index contributed by atoms with van der Waals surface area (Å²) in [7, 11) is 2.10. The predicted molar refractivity (Wildman–Crippen MR) is 75.6 cm³/mol. The lowest BCUT2D eigenvalue weighted by atomic mass is 9.85. The molecule has 1 aliphatic heterocycles. The number of hydrogen-bond acceptors (Lipinski definition) is 2. The van der Waals surface area contributed by atoms with E-state index in [0.29, 0.717) is 5.78 Å². The van der Waals surface area contributed by atoms with Crippen molar-refractivity contribution in [3.05, 3.63) is 65.2 Å². The van der Waals surface area contributed by atoms with Crippen LogP contribution in [-0.2, 0) is 6.42 Å². The van der Waals surface area contributed by atoms with E-state index in [0.717, 1.165) is 17.7 Å². The molecule has 0 amide bonds. The third-order valence-corrected chi connectivity index (χ3v) is 4.50. The van der Waals surface area contributed by atoms with E-state index in [1.165, 1.54) is 11.1 Å². The Bertz CT molecular complexity index is 676. The van der Waals surface area contributed by atoms with Gasteiger partial charge in [-0.2, -0.15) is 0 Å². The van der Waals surface area contributed by atoms with Gasteiger partial charge in [0, 0.05) is 18.3 Å². The number of rotatable bonds is 0. The number of ketones is 1. The average molecular weight is 249 g/mol. The highest BCUT2D eigenvalue weighted by molar-refractivity contribution is 6.06. The highest BCUT2D eigenvalue weighted by atomic mass is 16.1. The van der Waals surface area contributed by atoms with Crippen LogP contribution >= 0.6 is 0 Å². The first-order valence-electron chi connectivity index (χ1n) is 6.71. The molecule has 0 bridgehead atoms. The van der Waals surface area contributed by atoms with E-state index in [-0.39, 0.29) is 12.0 Å². The topological polar surface area (TPSA) is 20.3 Å². The maximum atomic E-state index is 12.7. The van der Waals surface area contributed by atoms with Crippen LogP contribution in [0.15, 0.2) is 48.5 Å². The van der Waals surface area contributed by atoms with Gasteiger partial charge in [-0.05, 0) is 29.7 Å². The van der Waals surface area contributed by atoms with Crippen LogP contribution < -0.4 is 4.90 Å². The Morgan fingerprint density at radius 3 is 2.68 bits per heavy atom. The Morgan fingerprint density at radius 2 is 1.79 bits per heavy atom. The van der Waals surface area contributed by atoms with E-state index in [4.69, 9.17) is 0 Å². The molecule has 1 aliphatic carbocycles. The van der Waals surface area contributed by atoms with Crippen LogP contribution in [0.25, 0.3) is 0 Å². The summed E-state index contributed by atoms with van der Waals surface area (Å²) in [4.78, 5) is 15.0. The molecular weight excluding hydrogens is 234 g/mol. The molecule has 1 heterocycles. The number of Topliss-reactive ketones (excluding diaryl/α,β-unsaturated/α-hetero) is 1. The molecule has 2 unspecified atom stereocenters. The van der Waals surface area contributed by atoms with Crippen LogP contribution in [0.2, 0.25) is 0 Å². The molecule has 19 heavy (non-hydrogen) atoms. The fourth-order valence-corrected chi connectivity index (χ4v) is 3.63. The lowest BCUT2D eigenvalue weighted by molar-refractivity contribution is 0.0898. The van der Waals surface area contributed by atoms with Crippen molar-refractivity contribution in [3.63, 3.8) is 0 Å². The molecule has 0 aromatic heterocycles. The Kier molecular flexibility index (Phi) is 2.10. The van der Waals surface area contributed by atoms with Gasteiger partial charge < -0.3 is 4.90 Å². The summed E-state index contributed by atoms with van der Waals surface area (Å²) in [6.45, 7) is 0. The highest BCUT2D eigenvalue weighted by Gasteiger charge is 2.44. The summed E-state index contributed by atoms with van der Waals surface area (Å²) in [6.07, 6.45) is 0.873. The van der Waals surface area contributed by atoms with Gasteiger partial charge in [0.05, 0.1) is 12.0 Å². The number of benzene rings is 2. The SMILES string of the molecule is CN1c2ccccc2C(=O)C2Cc3ccccc3C21. The molecule has 2 aromatic rings. The van der Waals surface area contributed by atoms with E-state index in [1.54, 1.807) is 0 Å². The Labute approximate surface area is 112 Å². The second-order valence-electron chi connectivity index (χ2n) is 5.45. The van der Waals surface area contributed by atoms with Gasteiger partial charge in [0.25, 0.3) is 0 Å². The summed E-state index contributed by atoms with van der Waals surface area (Å²) in [5, 5.41) is 0. The third-order valence-electron chi connectivity index (χ3n) is 4.50. The summed E-state index contributed by atoms with van der Waals surface area (Å²) in [6, 6.07) is 16.6. The van der Waals surface area contributed by atoms with Crippen LogP contribution in [0.3, 0.4) is 0 Å². The minimum absolute atomic E-state index is 0.0808. The van der Waals surface area contributed by atoms with Crippen LogP contribution in [0.5, 0.6) is 0 Å². The predicted octanol–water partition coefficient (Wildman–Crippen LogP) is 3.23. The van der Waals surface area contributed by atoms with Crippen LogP contribution in [0, 0.1) is 5.92 Å². The molecule has 2 aromatic carbocycles. The van der Waals surface area contributed by atoms with Crippen molar-refractivity contribution in [3.8, 4) is 0 Å². The number of fused-ring (bicyclic) bond motifs is 4. The van der Waals surface area contributed by atoms with Crippen molar-refractivity contribution in [2.75, 3.05) is 11.9 Å². The molecule has 2 atom stereocenters. The van der Waals surface area contributed by atoms with E-state index in [1.807, 2.05) is 24.3 Å². The van der Waals surface area contributed by atoms with Crippen LogP contribution in [0.4, 0.5) is 5.69 Å². The van der Waals surface area contributed by atoms with Gasteiger partial charge in [0.2, 0.25) is 0 Å². The van der Waals surface area contributed by atoms with Crippen molar-refractivity contribution in [1.29, 1.82) is 0 Å². The van der Waals surface area contributed by atoms with Gasteiger partial charge in [0.15, 0.2) is 5.78 Å². The van der Waals surface area contributed by atoms with E-state index >= 15 is 0 Å². The van der Waals surface area contributed by atoms with Crippen molar-refractivity contribution >= 4 is 11.5 Å². The molecule has 2 aliphatic rings. The molecular formula is C17H15NO. The zero-order valence-corrected chi connectivity index (χ0v) is 10.8. The third kappa shape index (κ3) is 1.34. The maximum Gasteiger partial charge on any atom is 0.170 e. The van der Waals surface area contributed by atoms with E-state index in [9.17, 15) is 4.79 Å². The van der Waals surface area contributed by atoms with Gasteiger partial charge in [-0.15, -0.1) is 0 Å². The molecule has 0 N–H and O–H groups in total. The summed E-state index contributed by atoms with van der Waals surface area (Å²) < 4.78 is 0. The van der Waals surface area contributed by atoms with Gasteiger partial charge in [-0.1, -0.05) is 36.4 Å². The molecule has 0 saturated carbocycles. The zero-order chi connectivity index (χ0) is 13.0. The van der Waals surface area contributed by atoms with Crippen molar-refractivity contribution in [1.82, 2.24) is 0 Å². The number of carbonyl (C=O) groups excluding carboxylic acids is 1. The fourth-order valence-electron chi connectivity index (χ4n) is 3.63. The molecule has 4 rings (SSSR count). The fraction of sp³-hybridized carbons (Fsp3) is 0.235. The molecule has 94 valence electrons. The molecule has 0 fully saturated rings. The van der Waals surface area contributed by atoms with Gasteiger partial charge in [0.1, 0.15) is 0 Å². The van der Waals surface area contributed by atoms with Gasteiger partial charge >= 0.3 is 0 Å². The second-order valence-corrected chi connectivity index (χ2v) is 5.45. The number of hydrogen-bond donors (Lipinski definition) is 0. The molecule has 0 radical (unpaired) electrons. The van der Waals surface area contributed by atoms with Crippen molar-refractivity contribution in [2.45, 2.75) is 12.5 Å². The first-order chi connectivity index (χ1) is 9.27. The quantitative estimate of drug-likeness (QED) is 0.714. The van der Waals surface area contributed by atoms with Gasteiger partial charge in [-0.3, -0.25) is 4.79 Å². The second kappa shape index (κ2) is 3.70. The largest absolute Gasteiger partial charge is 0.366 e. The molecule has 2 heteroatoms. The average Bonchev–Trinajstić information content (AvgIpc) is 2.84. The number of nitrogens with zero attached hydrogens (tertiary/aromatic N) is 1. The van der Waals surface area contributed by atoms with Crippen LogP contribution in [-0.4, -0.2) is 12.8 Å². The Hall–Kier alpha value is -2.09. The molecule has 2 nitrogen and oxygen atoms in total. The monoisotopic (exact) mass is 249 g/mol. The van der Waals surface area contributed by atoms with E-state index in [2.05, 4.69) is 36.2 Å². The Balaban J connectivity index is 1.92. The summed E-state index contributed by atoms with van der Waals surface area (Å²) in [5.74, 6) is 0.382. The van der Waals surface area contributed by atoms with E-state index < -0.39 is 0 Å². The summed E-state index contributed by atoms with van der Waals surface area (Å²) in [5.41, 5.74) is 4.58. The molecule has 0 saturated heterocycles. The standard InChI is InChI=1S/C17H15NO/c1-18-15-9-5-4-8-13(15)17(19)14-10-11-6-2-3-7-12(11)16(14)18/h2-9,14,16H,10H2,1H3. The Morgan fingerprint density at radius 1 is 1.05 bits per heavy atom. The minimum atomic E-state index is 0.0808. The maximum absolute atomic E-state index is 12.7. The smallest absolute Gasteiger partial charge is 0.170 e. The first-order valence-corrected chi connectivity index (χ1v) is 6.71. The lowest BCUT2D eigenvalue weighted by Crippen LogP contribution is -2.37. The molecule has 0 spiro atoms. The lowest BCUT2D eigenvalue weighted by Gasteiger charge is -2.37. The van der Waals surface area contributed by atoms with Crippen LogP contribution in [0.1, 0.15) is 27.5 Å². The number of carbonyl (C=O) groups is 1. The van der Waals surface area contributed by atoms with Crippen molar-refractivity contribution < 1.29 is 4.79 Å². The summed E-state index contributed by atoms with van der Waals surface area (Å²) >= 11 is 0. The normalized spacial score (nSPS) is 23.8. The highest BCUT2D eigenvalue weighted by Crippen LogP contribution is 2.47. The van der Waals surface area contributed by atoms with Gasteiger partial charge in [-0.25, -0.2) is 0 Å². The first kappa shape index (κ1) is 10.8. The zero-order valence-electron chi connectivity index (χ0n) is 10.8. The number of para-hydroxylation sites is 1. The number of anilines is 1.